The van der Waals surface area contributed by atoms with Crippen molar-refractivity contribution in [3.8, 4) is 0 Å². The molecule has 1 aromatic rings. The molecule has 1 aromatic carbocycles. The molecule has 0 spiro atoms. The number of carbonyl (C=O) groups excluding carboxylic acids is 1. The lowest BCUT2D eigenvalue weighted by molar-refractivity contribution is 0.0908. The van der Waals surface area contributed by atoms with Gasteiger partial charge in [-0.1, -0.05) is 28.1 Å². The molecule has 0 radical (unpaired) electrons. The van der Waals surface area contributed by atoms with Crippen LogP contribution < -0.4 is 5.73 Å². The van der Waals surface area contributed by atoms with E-state index in [9.17, 15) is 4.79 Å². The van der Waals surface area contributed by atoms with Crippen molar-refractivity contribution in [1.82, 2.24) is 4.90 Å². The lowest BCUT2D eigenvalue weighted by atomic mass is 10.1. The number of piperidine rings is 1. The Morgan fingerprint density at radius 3 is 3.06 bits per heavy atom. The van der Waals surface area contributed by atoms with Crippen LogP contribution in [0.4, 0.5) is 0 Å². The first-order chi connectivity index (χ1) is 8.15. The summed E-state index contributed by atoms with van der Waals surface area (Å²) in [7, 11) is 0. The van der Waals surface area contributed by atoms with Gasteiger partial charge in [-0.25, -0.2) is 0 Å². The second kappa shape index (κ2) is 5.76. The monoisotopic (exact) mass is 296 g/mol. The highest BCUT2D eigenvalue weighted by Gasteiger charge is 2.19. The van der Waals surface area contributed by atoms with Crippen molar-refractivity contribution in [2.24, 2.45) is 5.73 Å². The predicted molar refractivity (Wildman–Crippen MR) is 72.1 cm³/mol. The number of halogens is 1. The fourth-order valence-electron chi connectivity index (χ4n) is 2.19. The van der Waals surface area contributed by atoms with Crippen LogP contribution in [0.1, 0.15) is 23.2 Å². The smallest absolute Gasteiger partial charge is 0.176 e. The molecule has 17 heavy (non-hydrogen) atoms. The van der Waals surface area contributed by atoms with Crippen LogP contribution in [-0.2, 0) is 0 Å². The Morgan fingerprint density at radius 2 is 2.35 bits per heavy atom. The maximum absolute atomic E-state index is 12.1. The normalized spacial score (nSPS) is 21.4. The number of carbonyl (C=O) groups is 1. The zero-order chi connectivity index (χ0) is 12.3. The SMILES string of the molecule is NC1CCCN(CC(=O)c2cccc(Br)c2)C1. The van der Waals surface area contributed by atoms with Crippen LogP contribution in [0, 0.1) is 0 Å². The molecule has 0 saturated carbocycles. The maximum atomic E-state index is 12.1. The number of Topliss-reactive ketones (excluding diaryl/α,β-unsaturated/α-hetero) is 1. The Hall–Kier alpha value is -0.710. The second-order valence-corrected chi connectivity index (χ2v) is 5.49. The Kier molecular flexibility index (Phi) is 4.31. The Labute approximate surface area is 110 Å². The van der Waals surface area contributed by atoms with E-state index in [2.05, 4.69) is 20.8 Å². The molecule has 1 atom stereocenters. The van der Waals surface area contributed by atoms with Gasteiger partial charge in [0, 0.05) is 22.6 Å². The number of benzene rings is 1. The summed E-state index contributed by atoms with van der Waals surface area (Å²) < 4.78 is 0.943. The van der Waals surface area contributed by atoms with Gasteiger partial charge < -0.3 is 5.73 Å². The Morgan fingerprint density at radius 1 is 1.53 bits per heavy atom. The van der Waals surface area contributed by atoms with Gasteiger partial charge >= 0.3 is 0 Å². The highest BCUT2D eigenvalue weighted by Crippen LogP contribution is 2.14. The molecule has 0 bridgehead atoms. The molecule has 3 nitrogen and oxygen atoms in total. The average Bonchev–Trinajstić information content (AvgIpc) is 2.29. The molecule has 1 fully saturated rings. The van der Waals surface area contributed by atoms with Crippen LogP contribution in [0.5, 0.6) is 0 Å². The number of ketones is 1. The molecule has 1 heterocycles. The Bertz CT molecular complexity index is 408. The van der Waals surface area contributed by atoms with Gasteiger partial charge in [0.15, 0.2) is 5.78 Å². The van der Waals surface area contributed by atoms with E-state index >= 15 is 0 Å². The molecule has 0 aliphatic carbocycles. The molecule has 2 rings (SSSR count). The van der Waals surface area contributed by atoms with Crippen LogP contribution in [0.15, 0.2) is 28.7 Å². The van der Waals surface area contributed by atoms with Gasteiger partial charge in [-0.15, -0.1) is 0 Å². The molecule has 1 aliphatic heterocycles. The molecule has 92 valence electrons. The van der Waals surface area contributed by atoms with Gasteiger partial charge in [-0.2, -0.15) is 0 Å². The van der Waals surface area contributed by atoms with Crippen molar-refractivity contribution < 1.29 is 4.79 Å². The van der Waals surface area contributed by atoms with Gasteiger partial charge in [0.05, 0.1) is 6.54 Å². The van der Waals surface area contributed by atoms with Gasteiger partial charge in [0.25, 0.3) is 0 Å². The minimum Gasteiger partial charge on any atom is -0.327 e. The van der Waals surface area contributed by atoms with Gasteiger partial charge in [-0.05, 0) is 31.5 Å². The van der Waals surface area contributed by atoms with Gasteiger partial charge in [0.1, 0.15) is 0 Å². The fourth-order valence-corrected chi connectivity index (χ4v) is 2.59. The zero-order valence-electron chi connectivity index (χ0n) is 9.73. The first kappa shape index (κ1) is 12.7. The third-order valence-electron chi connectivity index (χ3n) is 3.06. The summed E-state index contributed by atoms with van der Waals surface area (Å²) in [5.41, 5.74) is 6.67. The number of likely N-dealkylation sites (tertiary alicyclic amines) is 1. The van der Waals surface area contributed by atoms with E-state index in [0.717, 1.165) is 36.0 Å². The molecule has 1 unspecified atom stereocenters. The van der Waals surface area contributed by atoms with Crippen molar-refractivity contribution in [1.29, 1.82) is 0 Å². The predicted octanol–water partition coefficient (Wildman–Crippen LogP) is 2.05. The third kappa shape index (κ3) is 3.63. The van der Waals surface area contributed by atoms with Crippen LogP contribution in [0.2, 0.25) is 0 Å². The van der Waals surface area contributed by atoms with Gasteiger partial charge in [-0.3, -0.25) is 9.69 Å². The van der Waals surface area contributed by atoms with E-state index in [1.54, 1.807) is 0 Å². The molecule has 1 aliphatic rings. The standard InChI is InChI=1S/C13H17BrN2O/c14-11-4-1-3-10(7-11)13(17)9-16-6-2-5-12(15)8-16/h1,3-4,7,12H,2,5-6,8-9,15H2. The number of nitrogens with zero attached hydrogens (tertiary/aromatic N) is 1. The average molecular weight is 297 g/mol. The lowest BCUT2D eigenvalue weighted by Gasteiger charge is -2.29. The van der Waals surface area contributed by atoms with E-state index in [4.69, 9.17) is 5.73 Å². The number of nitrogens with two attached hydrogens (primary N) is 1. The second-order valence-electron chi connectivity index (χ2n) is 4.57. The topological polar surface area (TPSA) is 46.3 Å². The summed E-state index contributed by atoms with van der Waals surface area (Å²) in [4.78, 5) is 14.2. The summed E-state index contributed by atoms with van der Waals surface area (Å²) in [5, 5.41) is 0. The molecular weight excluding hydrogens is 280 g/mol. The minimum atomic E-state index is 0.167. The van der Waals surface area contributed by atoms with E-state index < -0.39 is 0 Å². The van der Waals surface area contributed by atoms with Crippen molar-refractivity contribution in [3.05, 3.63) is 34.3 Å². The largest absolute Gasteiger partial charge is 0.327 e. The summed E-state index contributed by atoms with van der Waals surface area (Å²) in [6.45, 7) is 2.29. The van der Waals surface area contributed by atoms with E-state index in [-0.39, 0.29) is 11.8 Å². The van der Waals surface area contributed by atoms with Crippen LogP contribution in [-0.4, -0.2) is 36.4 Å². The van der Waals surface area contributed by atoms with Gasteiger partial charge in [0.2, 0.25) is 0 Å². The highest BCUT2D eigenvalue weighted by molar-refractivity contribution is 9.10. The van der Waals surface area contributed by atoms with Crippen molar-refractivity contribution in [2.45, 2.75) is 18.9 Å². The summed E-state index contributed by atoms with van der Waals surface area (Å²) in [5.74, 6) is 0.167. The van der Waals surface area contributed by atoms with Crippen LogP contribution in [0.3, 0.4) is 0 Å². The molecule has 2 N–H and O–H groups in total. The number of rotatable bonds is 3. The fraction of sp³-hybridized carbons (Fsp3) is 0.462. The summed E-state index contributed by atoms with van der Waals surface area (Å²) >= 11 is 3.38. The van der Waals surface area contributed by atoms with E-state index in [1.807, 2.05) is 24.3 Å². The van der Waals surface area contributed by atoms with Crippen molar-refractivity contribution in [3.63, 3.8) is 0 Å². The summed E-state index contributed by atoms with van der Waals surface area (Å²) in [6.07, 6.45) is 2.16. The molecule has 1 saturated heterocycles. The van der Waals surface area contributed by atoms with Crippen molar-refractivity contribution in [2.75, 3.05) is 19.6 Å². The summed E-state index contributed by atoms with van der Waals surface area (Å²) in [6, 6.07) is 7.76. The highest BCUT2D eigenvalue weighted by atomic mass is 79.9. The molecule has 4 heteroatoms. The van der Waals surface area contributed by atoms with E-state index in [0.29, 0.717) is 6.54 Å². The van der Waals surface area contributed by atoms with Crippen LogP contribution >= 0.6 is 15.9 Å². The van der Waals surface area contributed by atoms with E-state index in [1.165, 1.54) is 0 Å². The molecular formula is C13H17BrN2O. The number of hydrogen-bond donors (Lipinski definition) is 1. The molecule has 0 amide bonds. The minimum absolute atomic E-state index is 0.167. The lowest BCUT2D eigenvalue weighted by Crippen LogP contribution is -2.44. The zero-order valence-corrected chi connectivity index (χ0v) is 11.3. The van der Waals surface area contributed by atoms with Crippen molar-refractivity contribution >= 4 is 21.7 Å². The first-order valence-electron chi connectivity index (χ1n) is 5.92. The molecule has 0 aromatic heterocycles. The van der Waals surface area contributed by atoms with Crippen LogP contribution in [0.25, 0.3) is 0 Å². The first-order valence-corrected chi connectivity index (χ1v) is 6.71. The quantitative estimate of drug-likeness (QED) is 0.869. The Balaban J connectivity index is 1.97. The number of hydrogen-bond acceptors (Lipinski definition) is 3. The third-order valence-corrected chi connectivity index (χ3v) is 3.55. The maximum Gasteiger partial charge on any atom is 0.176 e.